The number of Topliss-reactive ketones (excluding diaryl/α,β-unsaturated/α-hetero) is 1. The number of unbranched alkanes of at least 4 members (excludes halogenated alkanes) is 11. The van der Waals surface area contributed by atoms with E-state index in [9.17, 15) is 14.4 Å². The van der Waals surface area contributed by atoms with E-state index in [0.29, 0.717) is 19.4 Å². The first-order chi connectivity index (χ1) is 16.9. The number of amides is 1. The Morgan fingerprint density at radius 2 is 1.49 bits per heavy atom. The number of nitrogens with one attached hydrogen (secondary N) is 1. The van der Waals surface area contributed by atoms with Crippen LogP contribution in [0.15, 0.2) is 12.1 Å². The Morgan fingerprint density at radius 1 is 0.886 bits per heavy atom. The first-order valence-electron chi connectivity index (χ1n) is 13.4. The van der Waals surface area contributed by atoms with E-state index in [2.05, 4.69) is 12.2 Å². The third-order valence-electron chi connectivity index (χ3n) is 6.64. The Balaban J connectivity index is 1.68. The minimum Gasteiger partial charge on any atom is -0.462 e. The first kappa shape index (κ1) is 29.6. The predicted molar refractivity (Wildman–Crippen MR) is 143 cm³/mol. The molecule has 196 valence electrons. The molecule has 1 amide bonds. The second-order valence-electron chi connectivity index (χ2n) is 9.59. The molecule has 1 aliphatic rings. The summed E-state index contributed by atoms with van der Waals surface area (Å²) in [6.45, 7) is 2.57. The molecule has 0 heterocycles. The lowest BCUT2D eigenvalue weighted by Crippen LogP contribution is -2.32. The van der Waals surface area contributed by atoms with Crippen molar-refractivity contribution in [2.45, 2.75) is 110 Å². The van der Waals surface area contributed by atoms with Gasteiger partial charge in [0.25, 0.3) is 0 Å². The number of ether oxygens (including phenoxy) is 1. The van der Waals surface area contributed by atoms with E-state index in [1.165, 1.54) is 69.9 Å². The average molecular weight is 527 g/mol. The van der Waals surface area contributed by atoms with Crippen molar-refractivity contribution in [3.8, 4) is 0 Å². The van der Waals surface area contributed by atoms with Crippen LogP contribution < -0.4 is 5.32 Å². The number of hydrogen-bond acceptors (Lipinski definition) is 4. The lowest BCUT2D eigenvalue weighted by molar-refractivity contribution is -0.132. The maximum absolute atomic E-state index is 12.6. The van der Waals surface area contributed by atoms with Gasteiger partial charge >= 0.3 is 5.97 Å². The molecule has 1 aromatic rings. The molecule has 7 heteroatoms. The van der Waals surface area contributed by atoms with Crippen LogP contribution in [0.2, 0.25) is 10.0 Å². The maximum atomic E-state index is 12.6. The summed E-state index contributed by atoms with van der Waals surface area (Å²) in [6.07, 6.45) is 17.5. The van der Waals surface area contributed by atoms with Gasteiger partial charge in [-0.3, -0.25) is 9.59 Å². The number of esters is 1. The van der Waals surface area contributed by atoms with Crippen LogP contribution >= 0.6 is 23.2 Å². The largest absolute Gasteiger partial charge is 0.462 e. The number of anilines is 1. The molecule has 1 atom stereocenters. The highest BCUT2D eigenvalue weighted by Gasteiger charge is 2.29. The normalized spacial score (nSPS) is 15.7. The van der Waals surface area contributed by atoms with Crippen molar-refractivity contribution in [3.63, 3.8) is 0 Å². The van der Waals surface area contributed by atoms with Gasteiger partial charge in [0.2, 0.25) is 5.91 Å². The average Bonchev–Trinajstić information content (AvgIpc) is 2.83. The molecule has 0 bridgehead atoms. The van der Waals surface area contributed by atoms with Gasteiger partial charge in [0.05, 0.1) is 33.8 Å². The molecule has 0 aromatic heterocycles. The molecule has 1 fully saturated rings. The van der Waals surface area contributed by atoms with Gasteiger partial charge in [-0.25, -0.2) is 4.79 Å². The zero-order valence-corrected chi connectivity index (χ0v) is 22.7. The number of rotatable bonds is 16. The summed E-state index contributed by atoms with van der Waals surface area (Å²) in [6, 6.07) is 2.85. The molecule has 1 N–H and O–H groups in total. The van der Waals surface area contributed by atoms with Gasteiger partial charge < -0.3 is 10.1 Å². The van der Waals surface area contributed by atoms with Crippen LogP contribution in [0.1, 0.15) is 120 Å². The van der Waals surface area contributed by atoms with E-state index in [-0.39, 0.29) is 27.1 Å². The summed E-state index contributed by atoms with van der Waals surface area (Å²) in [5.41, 5.74) is 0.414. The van der Waals surface area contributed by atoms with Crippen molar-refractivity contribution in [1.82, 2.24) is 0 Å². The van der Waals surface area contributed by atoms with E-state index in [1.807, 2.05) is 0 Å². The summed E-state index contributed by atoms with van der Waals surface area (Å²) in [5, 5.41) is 3.07. The lowest BCUT2D eigenvalue weighted by atomic mass is 9.87. The molecular weight excluding hydrogens is 485 g/mol. The van der Waals surface area contributed by atoms with Gasteiger partial charge in [-0.2, -0.15) is 0 Å². The highest BCUT2D eigenvalue weighted by molar-refractivity contribution is 6.38. The summed E-state index contributed by atoms with van der Waals surface area (Å²) < 4.78 is 5.40. The van der Waals surface area contributed by atoms with Crippen LogP contribution in [0.3, 0.4) is 0 Å². The topological polar surface area (TPSA) is 72.5 Å². The molecular formula is C28H41Cl2NO4. The van der Waals surface area contributed by atoms with Gasteiger partial charge in [-0.15, -0.1) is 0 Å². The Labute approximate surface area is 220 Å². The van der Waals surface area contributed by atoms with Crippen LogP contribution in [0, 0.1) is 5.92 Å². The fraction of sp³-hybridized carbons (Fsp3) is 0.679. The van der Waals surface area contributed by atoms with Crippen LogP contribution in [0.5, 0.6) is 0 Å². The number of carbonyl (C=O) groups is 3. The van der Waals surface area contributed by atoms with Crippen molar-refractivity contribution in [1.29, 1.82) is 0 Å². The molecule has 1 saturated carbocycles. The molecule has 1 aliphatic carbocycles. The Hall–Kier alpha value is -1.59. The monoisotopic (exact) mass is 525 g/mol. The summed E-state index contributed by atoms with van der Waals surface area (Å²) in [4.78, 5) is 37.2. The quantitative estimate of drug-likeness (QED) is 0.133. The molecule has 5 nitrogen and oxygen atoms in total. The molecule has 0 saturated heterocycles. The molecule has 0 radical (unpaired) electrons. The minimum absolute atomic E-state index is 0.0547. The molecule has 0 spiro atoms. The van der Waals surface area contributed by atoms with Gasteiger partial charge in [0.15, 0.2) is 0 Å². The third kappa shape index (κ3) is 10.9. The SMILES string of the molecule is CCCCCCCCCCCCCCOC(=O)c1cc(NC(=O)C2CCCCC2=O)c(Cl)cc1Cl. The number of hydrogen-bond donors (Lipinski definition) is 1. The van der Waals surface area contributed by atoms with E-state index in [0.717, 1.165) is 32.1 Å². The van der Waals surface area contributed by atoms with E-state index in [1.54, 1.807) is 0 Å². The van der Waals surface area contributed by atoms with Crippen LogP contribution in [0.4, 0.5) is 5.69 Å². The summed E-state index contributed by atoms with van der Waals surface area (Å²) in [7, 11) is 0. The van der Waals surface area contributed by atoms with Crippen molar-refractivity contribution in [2.75, 3.05) is 11.9 Å². The van der Waals surface area contributed by atoms with Gasteiger partial charge in [0, 0.05) is 6.42 Å². The van der Waals surface area contributed by atoms with E-state index >= 15 is 0 Å². The van der Waals surface area contributed by atoms with E-state index in [4.69, 9.17) is 27.9 Å². The second kappa shape index (κ2) is 17.0. The number of ketones is 1. The fourth-order valence-electron chi connectivity index (χ4n) is 4.47. The smallest absolute Gasteiger partial charge is 0.339 e. The van der Waals surface area contributed by atoms with Crippen molar-refractivity contribution in [3.05, 3.63) is 27.7 Å². The number of benzene rings is 1. The Morgan fingerprint density at radius 3 is 2.09 bits per heavy atom. The molecule has 2 rings (SSSR count). The van der Waals surface area contributed by atoms with Gasteiger partial charge in [0.1, 0.15) is 5.78 Å². The van der Waals surface area contributed by atoms with E-state index < -0.39 is 17.8 Å². The molecule has 1 unspecified atom stereocenters. The van der Waals surface area contributed by atoms with Gasteiger partial charge in [-0.1, -0.05) is 107 Å². The molecule has 1 aromatic carbocycles. The van der Waals surface area contributed by atoms with Crippen LogP contribution in [-0.4, -0.2) is 24.3 Å². The standard InChI is InChI=1S/C28H41Cl2NO4/c1-2-3-4-5-6-7-8-9-10-11-12-15-18-35-28(34)22-19-25(24(30)20-23(22)29)31-27(33)21-16-13-14-17-26(21)32/h19-21H,2-18H2,1H3,(H,31,33). The first-order valence-corrected chi connectivity index (χ1v) is 14.2. The highest BCUT2D eigenvalue weighted by atomic mass is 35.5. The Kier molecular flexibility index (Phi) is 14.4. The van der Waals surface area contributed by atoms with Gasteiger partial charge in [-0.05, 0) is 31.4 Å². The zero-order valence-electron chi connectivity index (χ0n) is 21.1. The number of halogens is 2. The Bertz CT molecular complexity index is 827. The maximum Gasteiger partial charge on any atom is 0.339 e. The second-order valence-corrected chi connectivity index (χ2v) is 10.4. The third-order valence-corrected chi connectivity index (χ3v) is 7.26. The lowest BCUT2D eigenvalue weighted by Gasteiger charge is -2.20. The number of carbonyl (C=O) groups excluding carboxylic acids is 3. The van der Waals surface area contributed by atoms with Crippen molar-refractivity contribution < 1.29 is 19.1 Å². The summed E-state index contributed by atoms with van der Waals surface area (Å²) >= 11 is 12.4. The zero-order chi connectivity index (χ0) is 25.5. The molecule has 0 aliphatic heterocycles. The molecule has 35 heavy (non-hydrogen) atoms. The minimum atomic E-state index is -0.670. The van der Waals surface area contributed by atoms with Crippen LogP contribution in [0.25, 0.3) is 0 Å². The van der Waals surface area contributed by atoms with Crippen molar-refractivity contribution in [2.24, 2.45) is 5.92 Å². The summed E-state index contributed by atoms with van der Waals surface area (Å²) in [5.74, 6) is -1.66. The fourth-order valence-corrected chi connectivity index (χ4v) is 4.97. The predicted octanol–water partition coefficient (Wildman–Crippen LogP) is 8.55. The highest BCUT2D eigenvalue weighted by Crippen LogP contribution is 2.31. The van der Waals surface area contributed by atoms with Crippen LogP contribution in [-0.2, 0) is 14.3 Å². The van der Waals surface area contributed by atoms with Crippen molar-refractivity contribution >= 4 is 46.5 Å².